The minimum atomic E-state index is -0.164. The summed E-state index contributed by atoms with van der Waals surface area (Å²) < 4.78 is 15.2. The van der Waals surface area contributed by atoms with Gasteiger partial charge in [-0.05, 0) is 43.0 Å². The molecule has 92 valence electrons. The quantitative estimate of drug-likeness (QED) is 0.752. The summed E-state index contributed by atoms with van der Waals surface area (Å²) in [6.07, 6.45) is 2.08. The first-order valence-corrected chi connectivity index (χ1v) is 5.66. The number of benzene rings is 1. The molecule has 0 radical (unpaired) electrons. The summed E-state index contributed by atoms with van der Waals surface area (Å²) in [6, 6.07) is 3.98. The fourth-order valence-corrected chi connectivity index (χ4v) is 1.88. The SMILES string of the molecule is COC(=O)CCCc1cc2c(cc1C)OCO2. The lowest BCUT2D eigenvalue weighted by Gasteiger charge is -2.07. The van der Waals surface area contributed by atoms with Crippen LogP contribution in [0.3, 0.4) is 0 Å². The summed E-state index contributed by atoms with van der Waals surface area (Å²) in [5, 5.41) is 0. The highest BCUT2D eigenvalue weighted by Gasteiger charge is 2.15. The van der Waals surface area contributed by atoms with Crippen molar-refractivity contribution in [2.45, 2.75) is 26.2 Å². The second-order valence-corrected chi connectivity index (χ2v) is 4.06. The van der Waals surface area contributed by atoms with E-state index in [9.17, 15) is 4.79 Å². The topological polar surface area (TPSA) is 44.8 Å². The monoisotopic (exact) mass is 236 g/mol. The van der Waals surface area contributed by atoms with Gasteiger partial charge in [-0.15, -0.1) is 0 Å². The molecule has 17 heavy (non-hydrogen) atoms. The van der Waals surface area contributed by atoms with Crippen LogP contribution in [-0.4, -0.2) is 19.9 Å². The number of carbonyl (C=O) groups is 1. The number of esters is 1. The van der Waals surface area contributed by atoms with Gasteiger partial charge < -0.3 is 14.2 Å². The maximum atomic E-state index is 11.0. The molecule has 4 nitrogen and oxygen atoms in total. The Morgan fingerprint density at radius 3 is 2.76 bits per heavy atom. The van der Waals surface area contributed by atoms with Gasteiger partial charge in [-0.1, -0.05) is 0 Å². The summed E-state index contributed by atoms with van der Waals surface area (Å²) in [5.41, 5.74) is 2.36. The van der Waals surface area contributed by atoms with E-state index in [1.807, 2.05) is 19.1 Å². The second kappa shape index (κ2) is 5.08. The number of hydrogen-bond donors (Lipinski definition) is 0. The normalized spacial score (nSPS) is 12.6. The molecule has 0 aromatic heterocycles. The number of rotatable bonds is 4. The third kappa shape index (κ3) is 2.70. The van der Waals surface area contributed by atoms with Gasteiger partial charge in [0.05, 0.1) is 7.11 Å². The molecule has 0 atom stereocenters. The smallest absolute Gasteiger partial charge is 0.305 e. The van der Waals surface area contributed by atoms with E-state index < -0.39 is 0 Å². The first-order valence-electron chi connectivity index (χ1n) is 5.66. The number of methoxy groups -OCH3 is 1. The molecule has 1 aliphatic rings. The molecule has 0 aliphatic carbocycles. The Balaban J connectivity index is 1.99. The van der Waals surface area contributed by atoms with E-state index in [0.717, 1.165) is 24.3 Å². The molecule has 2 rings (SSSR count). The van der Waals surface area contributed by atoms with E-state index in [-0.39, 0.29) is 5.97 Å². The van der Waals surface area contributed by atoms with Crippen molar-refractivity contribution in [1.29, 1.82) is 0 Å². The van der Waals surface area contributed by atoms with Crippen LogP contribution in [0.4, 0.5) is 0 Å². The second-order valence-electron chi connectivity index (χ2n) is 4.06. The highest BCUT2D eigenvalue weighted by molar-refractivity contribution is 5.69. The van der Waals surface area contributed by atoms with Gasteiger partial charge >= 0.3 is 5.97 Å². The van der Waals surface area contributed by atoms with E-state index in [4.69, 9.17) is 9.47 Å². The Bertz CT molecular complexity index is 426. The minimum Gasteiger partial charge on any atom is -0.469 e. The van der Waals surface area contributed by atoms with Crippen molar-refractivity contribution in [2.24, 2.45) is 0 Å². The van der Waals surface area contributed by atoms with Crippen molar-refractivity contribution in [1.82, 2.24) is 0 Å². The average Bonchev–Trinajstić information content (AvgIpc) is 2.76. The fourth-order valence-electron chi connectivity index (χ4n) is 1.88. The molecule has 0 spiro atoms. The largest absolute Gasteiger partial charge is 0.469 e. The third-order valence-corrected chi connectivity index (χ3v) is 2.89. The standard InChI is InChI=1S/C13H16O4/c1-9-6-11-12(17-8-16-11)7-10(9)4-3-5-13(14)15-2/h6-7H,3-5,8H2,1-2H3. The first kappa shape index (κ1) is 11.8. The van der Waals surface area contributed by atoms with Crippen molar-refractivity contribution < 1.29 is 19.0 Å². The highest BCUT2D eigenvalue weighted by atomic mass is 16.7. The first-order chi connectivity index (χ1) is 8.20. The van der Waals surface area contributed by atoms with Crippen molar-refractivity contribution in [3.8, 4) is 11.5 Å². The molecule has 1 heterocycles. The van der Waals surface area contributed by atoms with E-state index in [0.29, 0.717) is 13.2 Å². The maximum Gasteiger partial charge on any atom is 0.305 e. The summed E-state index contributed by atoms with van der Waals surface area (Å²) in [5.74, 6) is 1.44. The van der Waals surface area contributed by atoms with Crippen LogP contribution in [0.5, 0.6) is 11.5 Å². The highest BCUT2D eigenvalue weighted by Crippen LogP contribution is 2.34. The molecule has 0 unspecified atom stereocenters. The van der Waals surface area contributed by atoms with Gasteiger partial charge in [0.15, 0.2) is 11.5 Å². The van der Waals surface area contributed by atoms with Crippen molar-refractivity contribution >= 4 is 5.97 Å². The zero-order chi connectivity index (χ0) is 12.3. The summed E-state index contributed by atoms with van der Waals surface area (Å²) in [4.78, 5) is 11.0. The lowest BCUT2D eigenvalue weighted by Crippen LogP contribution is -2.01. The molecule has 0 fully saturated rings. The Morgan fingerprint density at radius 2 is 2.06 bits per heavy atom. The predicted molar refractivity (Wildman–Crippen MR) is 62.3 cm³/mol. The lowest BCUT2D eigenvalue weighted by molar-refractivity contribution is -0.140. The van der Waals surface area contributed by atoms with Gasteiger partial charge in [0.25, 0.3) is 0 Å². The Morgan fingerprint density at radius 1 is 1.35 bits per heavy atom. The number of hydrogen-bond acceptors (Lipinski definition) is 4. The van der Waals surface area contributed by atoms with Crippen LogP contribution in [0.15, 0.2) is 12.1 Å². The molecule has 1 aromatic rings. The van der Waals surface area contributed by atoms with E-state index in [1.54, 1.807) is 0 Å². The molecule has 4 heteroatoms. The van der Waals surface area contributed by atoms with Gasteiger partial charge in [0.2, 0.25) is 6.79 Å². The number of carbonyl (C=O) groups excluding carboxylic acids is 1. The van der Waals surface area contributed by atoms with Gasteiger partial charge in [-0.25, -0.2) is 0 Å². The molecule has 1 aliphatic heterocycles. The number of fused-ring (bicyclic) bond motifs is 1. The van der Waals surface area contributed by atoms with Crippen LogP contribution in [0, 0.1) is 6.92 Å². The Labute approximate surface area is 100 Å². The zero-order valence-electron chi connectivity index (χ0n) is 10.1. The minimum absolute atomic E-state index is 0.164. The summed E-state index contributed by atoms with van der Waals surface area (Å²) in [6.45, 7) is 2.33. The van der Waals surface area contributed by atoms with Crippen LogP contribution in [-0.2, 0) is 16.0 Å². The molecule has 0 bridgehead atoms. The summed E-state index contributed by atoms with van der Waals surface area (Å²) in [7, 11) is 1.41. The van der Waals surface area contributed by atoms with Crippen molar-refractivity contribution in [3.05, 3.63) is 23.3 Å². The molecule has 1 aromatic carbocycles. The van der Waals surface area contributed by atoms with Crippen LogP contribution in [0.25, 0.3) is 0 Å². The molecular weight excluding hydrogens is 220 g/mol. The van der Waals surface area contributed by atoms with Gasteiger partial charge in [-0.2, -0.15) is 0 Å². The van der Waals surface area contributed by atoms with Crippen molar-refractivity contribution in [3.63, 3.8) is 0 Å². The van der Waals surface area contributed by atoms with E-state index >= 15 is 0 Å². The maximum absolute atomic E-state index is 11.0. The van der Waals surface area contributed by atoms with Crippen molar-refractivity contribution in [2.75, 3.05) is 13.9 Å². The summed E-state index contributed by atoms with van der Waals surface area (Å²) >= 11 is 0. The average molecular weight is 236 g/mol. The van der Waals surface area contributed by atoms with Gasteiger partial charge in [0, 0.05) is 6.42 Å². The molecule has 0 N–H and O–H groups in total. The Kier molecular flexibility index (Phi) is 3.52. The van der Waals surface area contributed by atoms with Crippen LogP contribution < -0.4 is 9.47 Å². The molecule has 0 saturated heterocycles. The van der Waals surface area contributed by atoms with Gasteiger partial charge in [0.1, 0.15) is 0 Å². The molecule has 0 saturated carbocycles. The number of ether oxygens (including phenoxy) is 3. The Hall–Kier alpha value is -1.71. The van der Waals surface area contributed by atoms with Crippen LogP contribution in [0.2, 0.25) is 0 Å². The molecular formula is C13H16O4. The fraction of sp³-hybridized carbons (Fsp3) is 0.462. The van der Waals surface area contributed by atoms with E-state index in [2.05, 4.69) is 4.74 Å². The third-order valence-electron chi connectivity index (χ3n) is 2.89. The molecule has 0 amide bonds. The van der Waals surface area contributed by atoms with Crippen LogP contribution >= 0.6 is 0 Å². The van der Waals surface area contributed by atoms with E-state index in [1.165, 1.54) is 18.2 Å². The number of aryl methyl sites for hydroxylation is 2. The van der Waals surface area contributed by atoms with Gasteiger partial charge in [-0.3, -0.25) is 4.79 Å². The van der Waals surface area contributed by atoms with Crippen LogP contribution in [0.1, 0.15) is 24.0 Å². The predicted octanol–water partition coefficient (Wildman–Crippen LogP) is 2.22. The zero-order valence-corrected chi connectivity index (χ0v) is 10.1. The lowest BCUT2D eigenvalue weighted by atomic mass is 10.0.